The van der Waals surface area contributed by atoms with Crippen LogP contribution in [0.5, 0.6) is 11.5 Å². The molecule has 0 radical (unpaired) electrons. The number of hydrogen-bond acceptors (Lipinski definition) is 7. The van der Waals surface area contributed by atoms with Gasteiger partial charge in [0.1, 0.15) is 5.75 Å². The second-order valence-electron chi connectivity index (χ2n) is 8.06. The van der Waals surface area contributed by atoms with Crippen molar-refractivity contribution in [1.82, 2.24) is 0 Å². The molecule has 0 heterocycles. The van der Waals surface area contributed by atoms with Crippen LogP contribution in [0.1, 0.15) is 22.8 Å². The number of rotatable bonds is 7. The van der Waals surface area contributed by atoms with E-state index in [-0.39, 0.29) is 56.5 Å². The second-order valence-corrected chi connectivity index (χ2v) is 10.3. The van der Waals surface area contributed by atoms with Crippen LogP contribution in [0.15, 0.2) is 75.8 Å². The summed E-state index contributed by atoms with van der Waals surface area (Å²) in [6.45, 7) is 1.78. The molecular formula is C26H20Cl2N3NaO6S. The molecule has 13 heteroatoms. The number of ether oxygens (including phenoxy) is 1. The van der Waals surface area contributed by atoms with Crippen molar-refractivity contribution in [2.24, 2.45) is 10.2 Å². The predicted molar refractivity (Wildman–Crippen MR) is 144 cm³/mol. The number of benzene rings is 4. The Bertz CT molecular complexity index is 1710. The average molecular weight is 596 g/mol. The largest absolute Gasteiger partial charge is 1.00 e. The number of nitrogens with zero attached hydrogens (tertiary/aromatic N) is 2. The Morgan fingerprint density at radius 1 is 1.05 bits per heavy atom. The van der Waals surface area contributed by atoms with E-state index in [9.17, 15) is 22.9 Å². The molecule has 0 aliphatic rings. The van der Waals surface area contributed by atoms with Gasteiger partial charge in [-0.25, -0.2) is 0 Å². The van der Waals surface area contributed by atoms with Crippen molar-refractivity contribution in [1.29, 1.82) is 0 Å². The van der Waals surface area contributed by atoms with Gasteiger partial charge in [0.25, 0.3) is 16.0 Å². The van der Waals surface area contributed by atoms with Crippen LogP contribution in [0.2, 0.25) is 10.0 Å². The van der Waals surface area contributed by atoms with Gasteiger partial charge in [0.2, 0.25) is 0 Å². The first-order chi connectivity index (χ1) is 18.0. The molecule has 4 aromatic carbocycles. The van der Waals surface area contributed by atoms with Gasteiger partial charge < -0.3 is 15.2 Å². The fourth-order valence-corrected chi connectivity index (χ4v) is 5.01. The molecular weight excluding hydrogens is 576 g/mol. The number of azo groups is 1. The third-order valence-electron chi connectivity index (χ3n) is 5.68. The van der Waals surface area contributed by atoms with Gasteiger partial charge in [0, 0.05) is 21.7 Å². The number of carbonyl (C=O) groups excluding carboxylic acids is 1. The molecule has 1 amide bonds. The van der Waals surface area contributed by atoms with Crippen molar-refractivity contribution < 1.29 is 57.2 Å². The van der Waals surface area contributed by atoms with Crippen LogP contribution in [-0.4, -0.2) is 26.0 Å². The van der Waals surface area contributed by atoms with Crippen molar-refractivity contribution in [3.63, 3.8) is 0 Å². The maximum absolute atomic E-state index is 13.4. The molecule has 4 rings (SSSR count). The van der Waals surface area contributed by atoms with E-state index in [2.05, 4.69) is 15.5 Å². The molecule has 0 spiro atoms. The standard InChI is InChI=1S/C26H21Cl2N3O6S.Na/c1-3-17-20(27)12-16(38(34,35)36)13-22(17)30-31-24-18-7-5-4-6-14(18)10-19(25(24)32)26(33)29-15-8-9-23(37-2)21(28)11-15;/h4-13,32H,3H2,1-2H3,(H,29,33)(H,34,35,36);/q;+1/p-1. The first kappa shape index (κ1) is 30.8. The first-order valence-electron chi connectivity index (χ1n) is 11.1. The zero-order valence-electron chi connectivity index (χ0n) is 21.0. The second kappa shape index (κ2) is 12.6. The van der Waals surface area contributed by atoms with Crippen LogP contribution >= 0.6 is 23.2 Å². The zero-order chi connectivity index (χ0) is 27.6. The third kappa shape index (κ3) is 6.72. The van der Waals surface area contributed by atoms with Crippen molar-refractivity contribution in [2.75, 3.05) is 12.4 Å². The molecule has 0 atom stereocenters. The Balaban J connectivity index is 0.00000420. The van der Waals surface area contributed by atoms with E-state index in [1.807, 2.05) is 0 Å². The number of anilines is 1. The predicted octanol–water partition coefficient (Wildman–Crippen LogP) is 3.71. The minimum Gasteiger partial charge on any atom is -0.870 e. The van der Waals surface area contributed by atoms with Gasteiger partial charge in [-0.3, -0.25) is 9.35 Å². The number of amides is 1. The van der Waals surface area contributed by atoms with Gasteiger partial charge in [0.15, 0.2) is 0 Å². The van der Waals surface area contributed by atoms with Crippen molar-refractivity contribution in [3.8, 4) is 11.5 Å². The number of methoxy groups -OCH3 is 1. The van der Waals surface area contributed by atoms with Crippen LogP contribution in [0.25, 0.3) is 10.8 Å². The van der Waals surface area contributed by atoms with E-state index < -0.39 is 26.7 Å². The monoisotopic (exact) mass is 595 g/mol. The molecule has 196 valence electrons. The Kier molecular flexibility index (Phi) is 10.0. The summed E-state index contributed by atoms with van der Waals surface area (Å²) in [5.74, 6) is -0.962. The number of nitrogens with one attached hydrogen (secondary N) is 1. The minimum atomic E-state index is -4.57. The van der Waals surface area contributed by atoms with Gasteiger partial charge in [-0.1, -0.05) is 60.1 Å². The van der Waals surface area contributed by atoms with Gasteiger partial charge in [-0.15, -0.1) is 0 Å². The van der Waals surface area contributed by atoms with Crippen molar-refractivity contribution in [2.45, 2.75) is 18.2 Å². The molecule has 0 saturated carbocycles. The molecule has 39 heavy (non-hydrogen) atoms. The smallest absolute Gasteiger partial charge is 0.870 e. The van der Waals surface area contributed by atoms with Crippen LogP contribution in [0.3, 0.4) is 0 Å². The molecule has 2 N–H and O–H groups in total. The molecule has 4 aromatic rings. The summed E-state index contributed by atoms with van der Waals surface area (Å²) < 4.78 is 37.9. The van der Waals surface area contributed by atoms with E-state index in [1.54, 1.807) is 43.3 Å². The number of fused-ring (bicyclic) bond motifs is 1. The fraction of sp³-hybridized carbons (Fsp3) is 0.115. The summed E-state index contributed by atoms with van der Waals surface area (Å²) in [4.78, 5) is 12.6. The summed E-state index contributed by atoms with van der Waals surface area (Å²) in [5, 5.41) is 25.6. The van der Waals surface area contributed by atoms with Gasteiger partial charge in [-0.2, -0.15) is 18.6 Å². The van der Waals surface area contributed by atoms with E-state index in [0.717, 1.165) is 12.1 Å². The van der Waals surface area contributed by atoms with E-state index in [1.165, 1.54) is 19.2 Å². The molecule has 9 nitrogen and oxygen atoms in total. The van der Waals surface area contributed by atoms with E-state index in [0.29, 0.717) is 34.2 Å². The molecule has 0 aromatic heterocycles. The molecule has 0 fully saturated rings. The zero-order valence-corrected chi connectivity index (χ0v) is 25.4. The quantitative estimate of drug-likeness (QED) is 0.189. The van der Waals surface area contributed by atoms with Crippen LogP contribution < -0.4 is 44.7 Å². The Labute approximate surface area is 256 Å². The third-order valence-corrected chi connectivity index (χ3v) is 7.15. The SMILES string of the molecule is CCc1c(Cl)cc(S(=O)(=O)O)cc1N=Nc1c([O-])c(C(=O)Nc2ccc(OC)c(Cl)c2)cc2ccccc12.[Na+]. The average Bonchev–Trinajstić information content (AvgIpc) is 2.87. The van der Waals surface area contributed by atoms with Crippen LogP contribution in [0.4, 0.5) is 17.1 Å². The van der Waals surface area contributed by atoms with Crippen molar-refractivity contribution >= 4 is 67.1 Å². The molecule has 0 saturated heterocycles. The molecule has 0 aliphatic heterocycles. The van der Waals surface area contributed by atoms with Crippen LogP contribution in [0, 0.1) is 0 Å². The maximum atomic E-state index is 13.4. The van der Waals surface area contributed by atoms with Crippen molar-refractivity contribution in [3.05, 3.63) is 81.8 Å². The maximum Gasteiger partial charge on any atom is 1.00 e. The summed E-state index contributed by atoms with van der Waals surface area (Å²) >= 11 is 12.4. The van der Waals surface area contributed by atoms with E-state index in [4.69, 9.17) is 27.9 Å². The Morgan fingerprint density at radius 2 is 1.77 bits per heavy atom. The van der Waals surface area contributed by atoms with Gasteiger partial charge in [0.05, 0.1) is 28.4 Å². The summed E-state index contributed by atoms with van der Waals surface area (Å²) in [5.41, 5.74) is 0.547. The Morgan fingerprint density at radius 3 is 2.41 bits per heavy atom. The summed E-state index contributed by atoms with van der Waals surface area (Å²) in [6.07, 6.45) is 0.372. The van der Waals surface area contributed by atoms with Crippen LogP contribution in [-0.2, 0) is 16.5 Å². The number of carbonyl (C=O) groups is 1. The summed E-state index contributed by atoms with van der Waals surface area (Å²) in [7, 11) is -3.11. The minimum absolute atomic E-state index is 0. The van der Waals surface area contributed by atoms with E-state index >= 15 is 0 Å². The fourth-order valence-electron chi connectivity index (χ4n) is 3.81. The number of hydrogen-bond donors (Lipinski definition) is 2. The molecule has 0 aliphatic carbocycles. The summed E-state index contributed by atoms with van der Waals surface area (Å²) in [6, 6.07) is 15.1. The topological polar surface area (TPSA) is 140 Å². The first-order valence-corrected chi connectivity index (χ1v) is 13.3. The molecule has 0 bridgehead atoms. The normalized spacial score (nSPS) is 11.4. The van der Waals surface area contributed by atoms with Gasteiger partial charge in [-0.05, 0) is 53.8 Å². The molecule has 0 unspecified atom stereocenters. The number of halogens is 2. The van der Waals surface area contributed by atoms with Gasteiger partial charge >= 0.3 is 29.6 Å². The Hall–Kier alpha value is -2.70.